The number of piperidine rings is 1. The number of sulfone groups is 1. The predicted octanol–water partition coefficient (Wildman–Crippen LogP) is 2.12. The molecule has 9 heteroatoms. The number of nitrogens with zero attached hydrogens (tertiary/aromatic N) is 3. The van der Waals surface area contributed by atoms with Gasteiger partial charge in [0.2, 0.25) is 17.6 Å². The summed E-state index contributed by atoms with van der Waals surface area (Å²) in [6.45, 7) is 1.46. The van der Waals surface area contributed by atoms with Gasteiger partial charge in [-0.15, -0.1) is 11.3 Å². The molecule has 2 aromatic heterocycles. The van der Waals surface area contributed by atoms with Crippen molar-refractivity contribution in [2.75, 3.05) is 18.8 Å². The highest BCUT2D eigenvalue weighted by molar-refractivity contribution is 7.90. The first-order valence-corrected chi connectivity index (χ1v) is 10.6. The second-order valence-corrected chi connectivity index (χ2v) is 8.90. The molecule has 24 heavy (non-hydrogen) atoms. The maximum Gasteiger partial charge on any atom is 0.242 e. The lowest BCUT2D eigenvalue weighted by Crippen LogP contribution is -2.36. The van der Waals surface area contributed by atoms with E-state index in [9.17, 15) is 13.2 Å². The largest absolute Gasteiger partial charge is 0.343 e. The van der Waals surface area contributed by atoms with Crippen molar-refractivity contribution in [2.24, 2.45) is 0 Å². The fraction of sp³-hybridized carbons (Fsp3) is 0.533. The lowest BCUT2D eigenvalue weighted by Gasteiger charge is -2.26. The van der Waals surface area contributed by atoms with Crippen LogP contribution in [0.5, 0.6) is 0 Å². The summed E-state index contributed by atoms with van der Waals surface area (Å²) in [7, 11) is -3.46. The number of likely N-dealkylation sites (tertiary alicyclic amines) is 1. The minimum absolute atomic E-state index is 0.00819. The van der Waals surface area contributed by atoms with Gasteiger partial charge in [-0.1, -0.05) is 11.2 Å². The molecule has 2 aromatic rings. The molecule has 0 atom stereocenters. The van der Waals surface area contributed by atoms with Crippen LogP contribution in [0.3, 0.4) is 0 Å². The summed E-state index contributed by atoms with van der Waals surface area (Å²) in [6.07, 6.45) is 3.12. The molecule has 0 saturated carbocycles. The Morgan fingerprint density at radius 1 is 1.29 bits per heavy atom. The third-order valence-electron chi connectivity index (χ3n) is 3.89. The normalized spacial score (nSPS) is 15.6. The van der Waals surface area contributed by atoms with Gasteiger partial charge in [-0.2, -0.15) is 4.98 Å². The zero-order valence-electron chi connectivity index (χ0n) is 13.2. The first kappa shape index (κ1) is 17.1. The van der Waals surface area contributed by atoms with Crippen molar-refractivity contribution in [1.82, 2.24) is 15.0 Å². The van der Waals surface area contributed by atoms with E-state index in [-0.39, 0.29) is 29.7 Å². The molecule has 1 amide bonds. The maximum absolute atomic E-state index is 12.2. The van der Waals surface area contributed by atoms with Crippen molar-refractivity contribution in [3.63, 3.8) is 0 Å². The van der Waals surface area contributed by atoms with Gasteiger partial charge in [-0.3, -0.25) is 4.79 Å². The van der Waals surface area contributed by atoms with Gasteiger partial charge in [-0.25, -0.2) is 8.42 Å². The number of carbonyl (C=O) groups is 1. The van der Waals surface area contributed by atoms with E-state index >= 15 is 0 Å². The van der Waals surface area contributed by atoms with E-state index in [0.717, 1.165) is 37.2 Å². The van der Waals surface area contributed by atoms with Crippen molar-refractivity contribution in [3.05, 3.63) is 23.4 Å². The van der Waals surface area contributed by atoms with Crippen LogP contribution in [0.15, 0.2) is 22.0 Å². The van der Waals surface area contributed by atoms with Gasteiger partial charge in [0, 0.05) is 19.5 Å². The van der Waals surface area contributed by atoms with Crippen molar-refractivity contribution in [2.45, 2.75) is 31.4 Å². The minimum atomic E-state index is -3.46. The Hall–Kier alpha value is -1.74. The maximum atomic E-state index is 12.2. The molecule has 1 saturated heterocycles. The van der Waals surface area contributed by atoms with Crippen LogP contribution in [0.1, 0.15) is 31.6 Å². The van der Waals surface area contributed by atoms with Crippen LogP contribution < -0.4 is 0 Å². The van der Waals surface area contributed by atoms with Crippen LogP contribution in [0.25, 0.3) is 10.7 Å². The average Bonchev–Trinajstić information content (AvgIpc) is 3.24. The molecule has 0 aromatic carbocycles. The quantitative estimate of drug-likeness (QED) is 0.774. The fourth-order valence-corrected chi connectivity index (χ4v) is 4.40. The van der Waals surface area contributed by atoms with E-state index in [1.54, 1.807) is 4.90 Å². The van der Waals surface area contributed by atoms with Crippen molar-refractivity contribution in [3.8, 4) is 10.7 Å². The number of amides is 1. The molecule has 7 nitrogen and oxygen atoms in total. The van der Waals surface area contributed by atoms with Gasteiger partial charge in [0.25, 0.3) is 0 Å². The molecule has 130 valence electrons. The van der Waals surface area contributed by atoms with Gasteiger partial charge in [0.15, 0.2) is 9.84 Å². The Balaban J connectivity index is 1.55. The van der Waals surface area contributed by atoms with Crippen LogP contribution in [0, 0.1) is 0 Å². The Bertz CT molecular complexity index is 778. The summed E-state index contributed by atoms with van der Waals surface area (Å²) in [6, 6.07) is 3.70. The lowest BCUT2D eigenvalue weighted by molar-refractivity contribution is -0.131. The molecule has 0 aliphatic carbocycles. The zero-order chi connectivity index (χ0) is 17.0. The van der Waals surface area contributed by atoms with E-state index in [2.05, 4.69) is 10.1 Å². The SMILES string of the molecule is O=C(CCS(=O)(=O)Cc1nc(-c2cccs2)no1)N1CCCCC1. The smallest absolute Gasteiger partial charge is 0.242 e. The van der Waals surface area contributed by atoms with Crippen molar-refractivity contribution >= 4 is 27.1 Å². The van der Waals surface area contributed by atoms with E-state index < -0.39 is 9.84 Å². The lowest BCUT2D eigenvalue weighted by atomic mass is 10.1. The Morgan fingerprint density at radius 3 is 2.79 bits per heavy atom. The summed E-state index contributed by atoms with van der Waals surface area (Å²) in [5.41, 5.74) is 0. The van der Waals surface area contributed by atoms with E-state index in [1.807, 2.05) is 17.5 Å². The third-order valence-corrected chi connectivity index (χ3v) is 6.27. The second-order valence-electron chi connectivity index (χ2n) is 5.77. The van der Waals surface area contributed by atoms with E-state index in [4.69, 9.17) is 4.52 Å². The van der Waals surface area contributed by atoms with Crippen LogP contribution in [-0.4, -0.2) is 48.2 Å². The molecule has 1 aliphatic heterocycles. The minimum Gasteiger partial charge on any atom is -0.343 e. The Labute approximate surface area is 144 Å². The molecule has 3 heterocycles. The van der Waals surface area contributed by atoms with Crippen LogP contribution in [0.4, 0.5) is 0 Å². The summed E-state index contributed by atoms with van der Waals surface area (Å²) < 4.78 is 29.4. The fourth-order valence-electron chi connectivity index (χ4n) is 2.62. The summed E-state index contributed by atoms with van der Waals surface area (Å²) in [4.78, 5) is 18.8. The zero-order valence-corrected chi connectivity index (χ0v) is 14.8. The Kier molecular flexibility index (Phi) is 5.30. The summed E-state index contributed by atoms with van der Waals surface area (Å²) in [5, 5.41) is 5.68. The highest BCUT2D eigenvalue weighted by Crippen LogP contribution is 2.22. The van der Waals surface area contributed by atoms with Gasteiger partial charge in [0.05, 0.1) is 10.6 Å². The summed E-state index contributed by atoms with van der Waals surface area (Å²) in [5.74, 6) is -0.177. The van der Waals surface area contributed by atoms with Crippen LogP contribution in [0.2, 0.25) is 0 Å². The molecular formula is C15H19N3O4S2. The number of rotatable bonds is 6. The molecule has 0 spiro atoms. The average molecular weight is 369 g/mol. The molecule has 1 fully saturated rings. The highest BCUT2D eigenvalue weighted by atomic mass is 32.2. The van der Waals surface area contributed by atoms with Gasteiger partial charge < -0.3 is 9.42 Å². The number of hydrogen-bond acceptors (Lipinski definition) is 7. The molecular weight excluding hydrogens is 350 g/mol. The molecule has 3 rings (SSSR count). The standard InChI is InChI=1S/C15H19N3O4S2/c19-14(18-7-2-1-3-8-18)6-10-24(20,21)11-13-16-15(17-22-13)12-5-4-9-23-12/h4-5,9H,1-3,6-8,10-11H2. The Morgan fingerprint density at radius 2 is 2.08 bits per heavy atom. The molecule has 0 bridgehead atoms. The number of carbonyl (C=O) groups excluding carboxylic acids is 1. The van der Waals surface area contributed by atoms with Gasteiger partial charge >= 0.3 is 0 Å². The van der Waals surface area contributed by atoms with Crippen LogP contribution >= 0.6 is 11.3 Å². The van der Waals surface area contributed by atoms with Crippen molar-refractivity contribution < 1.29 is 17.7 Å². The molecule has 0 N–H and O–H groups in total. The summed E-state index contributed by atoms with van der Waals surface area (Å²) >= 11 is 1.45. The van der Waals surface area contributed by atoms with Gasteiger partial charge in [-0.05, 0) is 30.7 Å². The van der Waals surface area contributed by atoms with Crippen molar-refractivity contribution in [1.29, 1.82) is 0 Å². The second kappa shape index (κ2) is 7.43. The van der Waals surface area contributed by atoms with E-state index in [1.165, 1.54) is 11.3 Å². The number of thiophene rings is 1. The molecule has 0 unspecified atom stereocenters. The number of hydrogen-bond donors (Lipinski definition) is 0. The molecule has 0 radical (unpaired) electrons. The van der Waals surface area contributed by atoms with Crippen LogP contribution in [-0.2, 0) is 20.4 Å². The first-order chi connectivity index (χ1) is 11.5. The monoisotopic (exact) mass is 369 g/mol. The topological polar surface area (TPSA) is 93.4 Å². The molecule has 1 aliphatic rings. The number of aromatic nitrogens is 2. The van der Waals surface area contributed by atoms with Gasteiger partial charge in [0.1, 0.15) is 5.75 Å². The first-order valence-electron chi connectivity index (χ1n) is 7.88. The third kappa shape index (κ3) is 4.41. The predicted molar refractivity (Wildman–Crippen MR) is 90.1 cm³/mol. The van der Waals surface area contributed by atoms with E-state index in [0.29, 0.717) is 5.82 Å². The highest BCUT2D eigenvalue weighted by Gasteiger charge is 2.22.